The molecule has 1 aromatic rings. The summed E-state index contributed by atoms with van der Waals surface area (Å²) in [4.78, 5) is 0. The Morgan fingerprint density at radius 1 is 1.43 bits per heavy atom. The van der Waals surface area contributed by atoms with Gasteiger partial charge in [0, 0.05) is 11.1 Å². The van der Waals surface area contributed by atoms with E-state index >= 15 is 0 Å². The zero-order valence-corrected chi connectivity index (χ0v) is 8.31. The summed E-state index contributed by atoms with van der Waals surface area (Å²) in [6.45, 7) is 0. The summed E-state index contributed by atoms with van der Waals surface area (Å²) in [7, 11) is 0. The van der Waals surface area contributed by atoms with E-state index in [0.717, 1.165) is 19.3 Å². The smallest absolute Gasteiger partial charge is 0.183 e. The van der Waals surface area contributed by atoms with Gasteiger partial charge in [0.25, 0.3) is 0 Å². The minimum Gasteiger partial charge on any atom is -0.505 e. The van der Waals surface area contributed by atoms with Crippen LogP contribution in [0.15, 0.2) is 12.1 Å². The van der Waals surface area contributed by atoms with Gasteiger partial charge in [-0.15, -0.1) is 0 Å². The van der Waals surface area contributed by atoms with E-state index < -0.39 is 17.1 Å². The van der Waals surface area contributed by atoms with Gasteiger partial charge in [-0.1, -0.05) is 17.7 Å². The number of nitrogens with two attached hydrogens (primary N) is 1. The number of phenolic OH excluding ortho intramolecular Hbond substituents is 1. The molecule has 0 heterocycles. The Labute approximate surface area is 86.5 Å². The van der Waals surface area contributed by atoms with Gasteiger partial charge in [0.05, 0.1) is 5.02 Å². The number of aromatic hydroxyl groups is 1. The van der Waals surface area contributed by atoms with Gasteiger partial charge in [0.1, 0.15) is 0 Å². The van der Waals surface area contributed by atoms with E-state index in [4.69, 9.17) is 17.3 Å². The number of hydrogen-bond acceptors (Lipinski definition) is 2. The molecule has 0 unspecified atom stereocenters. The lowest BCUT2D eigenvalue weighted by molar-refractivity contribution is 0.243. The lowest BCUT2D eigenvalue weighted by Crippen LogP contribution is -2.43. The molecule has 0 bridgehead atoms. The first-order chi connectivity index (χ1) is 6.54. The van der Waals surface area contributed by atoms with Crippen molar-refractivity contribution in [3.8, 4) is 5.75 Å². The predicted octanol–water partition coefficient (Wildman–Crippen LogP) is 2.52. The molecule has 1 fully saturated rings. The molecular weight excluding hydrogens is 205 g/mol. The fourth-order valence-electron chi connectivity index (χ4n) is 1.77. The lowest BCUT2D eigenvalue weighted by atomic mass is 9.72. The first-order valence-electron chi connectivity index (χ1n) is 4.51. The van der Waals surface area contributed by atoms with Crippen molar-refractivity contribution in [2.24, 2.45) is 5.73 Å². The SMILES string of the molecule is NC1(c2ccc(Cl)c(F)c2O)CCC1. The van der Waals surface area contributed by atoms with E-state index in [-0.39, 0.29) is 5.02 Å². The Bertz CT molecular complexity index is 377. The Hall–Kier alpha value is -0.800. The van der Waals surface area contributed by atoms with E-state index in [2.05, 4.69) is 0 Å². The van der Waals surface area contributed by atoms with Crippen LogP contribution in [0.2, 0.25) is 5.02 Å². The van der Waals surface area contributed by atoms with Gasteiger partial charge >= 0.3 is 0 Å². The van der Waals surface area contributed by atoms with Crippen molar-refractivity contribution in [2.75, 3.05) is 0 Å². The first-order valence-corrected chi connectivity index (χ1v) is 4.89. The van der Waals surface area contributed by atoms with Crippen LogP contribution in [-0.4, -0.2) is 5.11 Å². The Morgan fingerprint density at radius 2 is 2.07 bits per heavy atom. The highest BCUT2D eigenvalue weighted by molar-refractivity contribution is 6.30. The summed E-state index contributed by atoms with van der Waals surface area (Å²) in [6.07, 6.45) is 2.57. The molecule has 0 saturated heterocycles. The Kier molecular flexibility index (Phi) is 2.16. The Morgan fingerprint density at radius 3 is 2.57 bits per heavy atom. The van der Waals surface area contributed by atoms with Gasteiger partial charge in [-0.2, -0.15) is 0 Å². The summed E-state index contributed by atoms with van der Waals surface area (Å²) in [5.74, 6) is -1.18. The molecule has 4 heteroatoms. The number of hydrogen-bond donors (Lipinski definition) is 2. The maximum atomic E-state index is 13.2. The van der Waals surface area contributed by atoms with Crippen LogP contribution >= 0.6 is 11.6 Å². The lowest BCUT2D eigenvalue weighted by Gasteiger charge is -2.38. The average molecular weight is 216 g/mol. The normalized spacial score (nSPS) is 19.1. The van der Waals surface area contributed by atoms with Crippen LogP contribution in [0.4, 0.5) is 4.39 Å². The molecule has 2 rings (SSSR count). The summed E-state index contributed by atoms with van der Waals surface area (Å²) < 4.78 is 13.2. The number of phenols is 1. The molecule has 0 radical (unpaired) electrons. The highest BCUT2D eigenvalue weighted by Crippen LogP contribution is 2.44. The van der Waals surface area contributed by atoms with Crippen LogP contribution in [0.25, 0.3) is 0 Å². The maximum absolute atomic E-state index is 13.2. The molecule has 76 valence electrons. The molecule has 0 aliphatic heterocycles. The molecular formula is C10H11ClFNO. The predicted molar refractivity (Wildman–Crippen MR) is 52.8 cm³/mol. The Balaban J connectivity index is 2.49. The quantitative estimate of drug-likeness (QED) is 0.756. The summed E-state index contributed by atoms with van der Waals surface area (Å²) in [6, 6.07) is 3.03. The highest BCUT2D eigenvalue weighted by Gasteiger charge is 2.37. The van der Waals surface area contributed by atoms with Crippen LogP contribution in [0.5, 0.6) is 5.75 Å². The monoisotopic (exact) mass is 215 g/mol. The molecule has 1 aliphatic carbocycles. The van der Waals surface area contributed by atoms with Gasteiger partial charge in [-0.05, 0) is 25.3 Å². The van der Waals surface area contributed by atoms with Crippen molar-refractivity contribution < 1.29 is 9.50 Å². The molecule has 1 aromatic carbocycles. The number of halogens is 2. The minimum atomic E-state index is -0.777. The van der Waals surface area contributed by atoms with E-state index in [1.165, 1.54) is 6.07 Å². The number of rotatable bonds is 1. The number of benzene rings is 1. The van der Waals surface area contributed by atoms with Crippen molar-refractivity contribution >= 4 is 11.6 Å². The third-order valence-electron chi connectivity index (χ3n) is 2.85. The second-order valence-corrected chi connectivity index (χ2v) is 4.17. The van der Waals surface area contributed by atoms with Gasteiger partial charge in [-0.3, -0.25) is 0 Å². The summed E-state index contributed by atoms with van der Waals surface area (Å²) >= 11 is 5.52. The van der Waals surface area contributed by atoms with Crippen molar-refractivity contribution in [3.63, 3.8) is 0 Å². The molecule has 14 heavy (non-hydrogen) atoms. The zero-order valence-electron chi connectivity index (χ0n) is 7.56. The fraction of sp³-hybridized carbons (Fsp3) is 0.400. The highest BCUT2D eigenvalue weighted by atomic mass is 35.5. The van der Waals surface area contributed by atoms with Crippen LogP contribution in [0.1, 0.15) is 24.8 Å². The molecule has 0 spiro atoms. The third kappa shape index (κ3) is 1.28. The molecule has 2 nitrogen and oxygen atoms in total. The largest absolute Gasteiger partial charge is 0.505 e. The summed E-state index contributed by atoms with van der Waals surface area (Å²) in [5, 5.41) is 9.46. The van der Waals surface area contributed by atoms with Gasteiger partial charge in [-0.25, -0.2) is 4.39 Å². The van der Waals surface area contributed by atoms with Crippen LogP contribution in [0.3, 0.4) is 0 Å². The topological polar surface area (TPSA) is 46.2 Å². The van der Waals surface area contributed by atoms with Gasteiger partial charge < -0.3 is 10.8 Å². The fourth-order valence-corrected chi connectivity index (χ4v) is 1.92. The van der Waals surface area contributed by atoms with Crippen LogP contribution in [-0.2, 0) is 5.54 Å². The third-order valence-corrected chi connectivity index (χ3v) is 3.14. The van der Waals surface area contributed by atoms with E-state index in [1.54, 1.807) is 6.07 Å². The minimum absolute atomic E-state index is 0.0748. The van der Waals surface area contributed by atoms with E-state index in [0.29, 0.717) is 5.56 Å². The summed E-state index contributed by atoms with van der Waals surface area (Å²) in [5.41, 5.74) is 5.88. The second kappa shape index (κ2) is 3.11. The van der Waals surface area contributed by atoms with Gasteiger partial charge in [0.2, 0.25) is 0 Å². The zero-order chi connectivity index (χ0) is 10.3. The van der Waals surface area contributed by atoms with E-state index in [9.17, 15) is 9.50 Å². The molecule has 0 aromatic heterocycles. The van der Waals surface area contributed by atoms with Crippen molar-refractivity contribution in [1.82, 2.24) is 0 Å². The van der Waals surface area contributed by atoms with Gasteiger partial charge in [0.15, 0.2) is 11.6 Å². The standard InChI is InChI=1S/C10H11ClFNO/c11-7-3-2-6(9(14)8(7)12)10(13)4-1-5-10/h2-3,14H,1,4-5,13H2. The average Bonchev–Trinajstić information content (AvgIpc) is 2.11. The van der Waals surface area contributed by atoms with Crippen molar-refractivity contribution in [3.05, 3.63) is 28.5 Å². The van der Waals surface area contributed by atoms with Crippen LogP contribution < -0.4 is 5.73 Å². The molecule has 1 aliphatic rings. The first kappa shape index (κ1) is 9.74. The van der Waals surface area contributed by atoms with Crippen LogP contribution in [0, 0.1) is 5.82 Å². The molecule has 0 atom stereocenters. The van der Waals surface area contributed by atoms with Crippen molar-refractivity contribution in [1.29, 1.82) is 0 Å². The molecule has 1 saturated carbocycles. The van der Waals surface area contributed by atoms with Crippen molar-refractivity contribution in [2.45, 2.75) is 24.8 Å². The van der Waals surface area contributed by atoms with E-state index in [1.807, 2.05) is 0 Å². The molecule has 3 N–H and O–H groups in total. The molecule has 0 amide bonds. The second-order valence-electron chi connectivity index (χ2n) is 3.77. The maximum Gasteiger partial charge on any atom is 0.183 e.